The minimum absolute atomic E-state index is 0.230. The van der Waals surface area contributed by atoms with Crippen LogP contribution in [0.3, 0.4) is 0 Å². The van der Waals surface area contributed by atoms with Gasteiger partial charge in [-0.25, -0.2) is 0 Å². The highest BCUT2D eigenvalue weighted by molar-refractivity contribution is 4.46. The zero-order valence-corrected chi connectivity index (χ0v) is 10.5. The second kappa shape index (κ2) is 14.9. The Hall–Kier alpha value is -0.120. The maximum Gasteiger partial charge on any atom is 0.0487 e. The van der Waals surface area contributed by atoms with Crippen molar-refractivity contribution >= 4 is 0 Å². The number of unbranched alkanes of at least 4 members (excludes halogenated alkanes) is 7. The van der Waals surface area contributed by atoms with E-state index in [0.29, 0.717) is 13.2 Å². The normalized spacial score (nSPS) is 10.9. The molecule has 0 bridgehead atoms. The fraction of sp³-hybridized carbons (Fsp3) is 1.00. The monoisotopic (exact) mass is 232 g/mol. The van der Waals surface area contributed by atoms with Gasteiger partial charge in [-0.1, -0.05) is 38.5 Å². The van der Waals surface area contributed by atoms with E-state index in [-0.39, 0.29) is 6.61 Å². The van der Waals surface area contributed by atoms with E-state index < -0.39 is 0 Å². The Kier molecular flexibility index (Phi) is 14.8. The van der Waals surface area contributed by atoms with Crippen molar-refractivity contribution in [2.75, 3.05) is 26.4 Å². The molecular weight excluding hydrogens is 204 g/mol. The van der Waals surface area contributed by atoms with E-state index in [1.807, 2.05) is 0 Å². The Labute approximate surface area is 99.8 Å². The summed E-state index contributed by atoms with van der Waals surface area (Å²) in [6.45, 7) is 2.10. The van der Waals surface area contributed by atoms with Crippen LogP contribution in [0.15, 0.2) is 0 Å². The highest BCUT2D eigenvalue weighted by Gasteiger charge is 1.92. The van der Waals surface area contributed by atoms with Gasteiger partial charge >= 0.3 is 0 Å². The van der Waals surface area contributed by atoms with E-state index in [2.05, 4.69) is 0 Å². The first kappa shape index (κ1) is 15.9. The summed E-state index contributed by atoms with van der Waals surface area (Å²) in [6, 6.07) is 0. The maximum absolute atomic E-state index is 8.60. The molecule has 3 heteroatoms. The molecule has 0 radical (unpaired) electrons. The van der Waals surface area contributed by atoms with Gasteiger partial charge in [0.2, 0.25) is 0 Å². The zero-order valence-electron chi connectivity index (χ0n) is 10.5. The van der Waals surface area contributed by atoms with Crippen molar-refractivity contribution in [1.82, 2.24) is 0 Å². The second-order valence-corrected chi connectivity index (χ2v) is 4.24. The molecule has 3 nitrogen and oxygen atoms in total. The lowest BCUT2D eigenvalue weighted by molar-refractivity contribution is 0.112. The zero-order chi connectivity index (χ0) is 11.9. The second-order valence-electron chi connectivity index (χ2n) is 4.24. The molecule has 16 heavy (non-hydrogen) atoms. The Morgan fingerprint density at radius 1 is 0.500 bits per heavy atom. The van der Waals surface area contributed by atoms with E-state index in [4.69, 9.17) is 14.9 Å². The number of hydrogen-bond acceptors (Lipinski definition) is 3. The van der Waals surface area contributed by atoms with Crippen molar-refractivity contribution in [1.29, 1.82) is 0 Å². The van der Waals surface area contributed by atoms with Crippen LogP contribution in [0.4, 0.5) is 0 Å². The van der Waals surface area contributed by atoms with Crippen LogP contribution in [0.5, 0.6) is 0 Å². The molecule has 0 aromatic rings. The quantitative estimate of drug-likeness (QED) is 0.480. The molecule has 0 aliphatic rings. The van der Waals surface area contributed by atoms with Crippen molar-refractivity contribution in [3.8, 4) is 0 Å². The predicted octanol–water partition coefficient (Wildman–Crippen LogP) is 2.50. The largest absolute Gasteiger partial charge is 0.396 e. The van der Waals surface area contributed by atoms with Gasteiger partial charge in [-0.2, -0.15) is 0 Å². The van der Waals surface area contributed by atoms with Crippen molar-refractivity contribution < 1.29 is 14.9 Å². The topological polar surface area (TPSA) is 49.7 Å². The van der Waals surface area contributed by atoms with Crippen molar-refractivity contribution in [3.05, 3.63) is 0 Å². The van der Waals surface area contributed by atoms with Crippen LogP contribution in [-0.2, 0) is 4.74 Å². The number of rotatable bonds is 13. The SMILES string of the molecule is OCCCCCCCCCCOCCCO. The molecule has 0 unspecified atom stereocenters. The van der Waals surface area contributed by atoms with Gasteiger partial charge in [0.1, 0.15) is 0 Å². The van der Waals surface area contributed by atoms with E-state index in [9.17, 15) is 0 Å². The number of hydrogen-bond donors (Lipinski definition) is 2. The third kappa shape index (κ3) is 13.9. The Balaban J connectivity index is 2.83. The Bertz CT molecular complexity index is 104. The lowest BCUT2D eigenvalue weighted by Gasteiger charge is -2.03. The molecule has 0 aromatic carbocycles. The lowest BCUT2D eigenvalue weighted by atomic mass is 10.1. The van der Waals surface area contributed by atoms with Gasteiger partial charge in [-0.15, -0.1) is 0 Å². The summed E-state index contributed by atoms with van der Waals surface area (Å²) in [5.41, 5.74) is 0. The highest BCUT2D eigenvalue weighted by atomic mass is 16.5. The molecule has 0 atom stereocenters. The van der Waals surface area contributed by atoms with Gasteiger partial charge in [-0.05, 0) is 19.3 Å². The first-order valence-corrected chi connectivity index (χ1v) is 6.71. The summed E-state index contributed by atoms with van der Waals surface area (Å²) >= 11 is 0. The van der Waals surface area contributed by atoms with Crippen LogP contribution in [0.25, 0.3) is 0 Å². The van der Waals surface area contributed by atoms with Gasteiger partial charge in [0.15, 0.2) is 0 Å². The molecule has 0 saturated carbocycles. The molecule has 0 heterocycles. The van der Waals surface area contributed by atoms with Crippen molar-refractivity contribution in [2.45, 2.75) is 57.8 Å². The molecule has 0 rings (SSSR count). The average molecular weight is 232 g/mol. The predicted molar refractivity (Wildman–Crippen MR) is 66.5 cm³/mol. The van der Waals surface area contributed by atoms with E-state index in [1.165, 1.54) is 38.5 Å². The minimum Gasteiger partial charge on any atom is -0.396 e. The first-order valence-electron chi connectivity index (χ1n) is 6.71. The third-order valence-corrected chi connectivity index (χ3v) is 2.64. The molecule has 0 aliphatic carbocycles. The van der Waals surface area contributed by atoms with Crippen LogP contribution < -0.4 is 0 Å². The molecule has 98 valence electrons. The summed E-state index contributed by atoms with van der Waals surface area (Å²) in [4.78, 5) is 0. The summed E-state index contributed by atoms with van der Waals surface area (Å²) in [5.74, 6) is 0. The lowest BCUT2D eigenvalue weighted by Crippen LogP contribution is -1.98. The van der Waals surface area contributed by atoms with E-state index >= 15 is 0 Å². The van der Waals surface area contributed by atoms with E-state index in [1.54, 1.807) is 0 Å². The fourth-order valence-corrected chi connectivity index (χ4v) is 1.65. The Morgan fingerprint density at radius 3 is 1.50 bits per heavy atom. The summed E-state index contributed by atoms with van der Waals surface area (Å²) in [7, 11) is 0. The van der Waals surface area contributed by atoms with Crippen LogP contribution >= 0.6 is 0 Å². The van der Waals surface area contributed by atoms with Crippen LogP contribution in [-0.4, -0.2) is 36.6 Å². The van der Waals surface area contributed by atoms with Gasteiger partial charge in [0, 0.05) is 26.4 Å². The number of aliphatic hydroxyl groups is 2. The molecule has 2 N–H and O–H groups in total. The van der Waals surface area contributed by atoms with Crippen molar-refractivity contribution in [3.63, 3.8) is 0 Å². The molecule has 0 spiro atoms. The van der Waals surface area contributed by atoms with E-state index in [0.717, 1.165) is 25.9 Å². The first-order chi connectivity index (χ1) is 7.91. The molecule has 0 aromatic heterocycles. The summed E-state index contributed by atoms with van der Waals surface area (Å²) in [5, 5.41) is 17.1. The van der Waals surface area contributed by atoms with Gasteiger partial charge in [0.25, 0.3) is 0 Å². The molecular formula is C13H28O3. The number of ether oxygens (including phenoxy) is 1. The van der Waals surface area contributed by atoms with Crippen LogP contribution in [0.1, 0.15) is 57.8 Å². The average Bonchev–Trinajstić information content (AvgIpc) is 2.31. The Morgan fingerprint density at radius 2 is 0.938 bits per heavy atom. The van der Waals surface area contributed by atoms with Gasteiger partial charge < -0.3 is 14.9 Å². The van der Waals surface area contributed by atoms with Gasteiger partial charge in [-0.3, -0.25) is 0 Å². The summed E-state index contributed by atoms with van der Waals surface area (Å²) < 4.78 is 5.35. The summed E-state index contributed by atoms with van der Waals surface area (Å²) in [6.07, 6.45) is 10.4. The third-order valence-electron chi connectivity index (χ3n) is 2.64. The highest BCUT2D eigenvalue weighted by Crippen LogP contribution is 2.08. The van der Waals surface area contributed by atoms with Crippen LogP contribution in [0, 0.1) is 0 Å². The molecule has 0 fully saturated rings. The van der Waals surface area contributed by atoms with Gasteiger partial charge in [0.05, 0.1) is 0 Å². The fourth-order valence-electron chi connectivity index (χ4n) is 1.65. The van der Waals surface area contributed by atoms with Crippen molar-refractivity contribution in [2.24, 2.45) is 0 Å². The molecule has 0 aliphatic heterocycles. The number of aliphatic hydroxyl groups excluding tert-OH is 2. The maximum atomic E-state index is 8.60. The molecule has 0 saturated heterocycles. The molecule has 0 amide bonds. The van der Waals surface area contributed by atoms with Crippen LogP contribution in [0.2, 0.25) is 0 Å². The minimum atomic E-state index is 0.230. The smallest absolute Gasteiger partial charge is 0.0487 e. The standard InChI is InChI=1S/C13H28O3/c14-10-7-5-3-1-2-4-6-8-12-16-13-9-11-15/h14-15H,1-13H2.